The Bertz CT molecular complexity index is 818. The number of imidazole rings is 1. The molecule has 0 unspecified atom stereocenters. The summed E-state index contributed by atoms with van der Waals surface area (Å²) in [6.45, 7) is 9.75. The highest BCUT2D eigenvalue weighted by Gasteiger charge is 2.19. The topological polar surface area (TPSA) is 44.8 Å². The molecule has 0 aliphatic rings. The maximum absolute atomic E-state index is 12.2. The van der Waals surface area contributed by atoms with Crippen LogP contribution in [0.1, 0.15) is 33.5 Å². The quantitative estimate of drug-likeness (QED) is 0.544. The minimum atomic E-state index is 0.529. The Morgan fingerprint density at radius 2 is 1.86 bits per heavy atom. The lowest BCUT2D eigenvalue weighted by Crippen LogP contribution is -2.26. The van der Waals surface area contributed by atoms with Gasteiger partial charge >= 0.3 is 0 Å². The average Bonchev–Trinajstić information content (AvgIpc) is 2.75. The number of benzene rings is 1. The highest BCUT2D eigenvalue weighted by atomic mass is 16.5. The molecule has 2 heterocycles. The van der Waals surface area contributed by atoms with Gasteiger partial charge in [0.1, 0.15) is 5.82 Å². The molecule has 0 radical (unpaired) electrons. The van der Waals surface area contributed by atoms with Gasteiger partial charge in [0.05, 0.1) is 10.9 Å². The largest absolute Gasteiger partial charge is 0.618 e. The van der Waals surface area contributed by atoms with E-state index in [-0.39, 0.29) is 0 Å². The van der Waals surface area contributed by atoms with Gasteiger partial charge in [0, 0.05) is 19.0 Å². The second kappa shape index (κ2) is 5.59. The summed E-state index contributed by atoms with van der Waals surface area (Å²) in [7, 11) is 0. The van der Waals surface area contributed by atoms with Crippen LogP contribution in [0.25, 0.3) is 21.9 Å². The van der Waals surface area contributed by atoms with Crippen LogP contribution in [-0.2, 0) is 13.0 Å². The third-order valence-electron chi connectivity index (χ3n) is 3.85. The van der Waals surface area contributed by atoms with Crippen LogP contribution < -0.4 is 4.73 Å². The summed E-state index contributed by atoms with van der Waals surface area (Å²) < 4.78 is 3.24. The van der Waals surface area contributed by atoms with E-state index < -0.39 is 0 Å². The van der Waals surface area contributed by atoms with Crippen molar-refractivity contribution in [1.82, 2.24) is 9.55 Å². The standard InChI is InChI=1S/C18H23N3O/c1-12(2)9-17-19-15-11-21(22)16-8-6-5-7-14(16)18(15)20(17)10-13(3)4/h5-8,11-13H,9-10H2,1-4H3. The normalized spacial score (nSPS) is 12.1. The van der Waals surface area contributed by atoms with Crippen molar-refractivity contribution in [2.75, 3.05) is 0 Å². The predicted octanol–water partition coefficient (Wildman–Crippen LogP) is 3.68. The molecule has 1 aromatic carbocycles. The van der Waals surface area contributed by atoms with E-state index in [1.807, 2.05) is 24.3 Å². The third kappa shape index (κ3) is 2.54. The van der Waals surface area contributed by atoms with E-state index in [2.05, 4.69) is 32.3 Å². The Morgan fingerprint density at radius 1 is 1.14 bits per heavy atom. The first-order valence-corrected chi connectivity index (χ1v) is 7.97. The summed E-state index contributed by atoms with van der Waals surface area (Å²) >= 11 is 0. The fourth-order valence-electron chi connectivity index (χ4n) is 3.02. The Labute approximate surface area is 131 Å². The van der Waals surface area contributed by atoms with Crippen molar-refractivity contribution < 1.29 is 4.73 Å². The molecule has 0 spiro atoms. The van der Waals surface area contributed by atoms with Crippen molar-refractivity contribution >= 4 is 21.9 Å². The van der Waals surface area contributed by atoms with E-state index in [9.17, 15) is 5.21 Å². The maximum atomic E-state index is 12.2. The van der Waals surface area contributed by atoms with E-state index in [1.54, 1.807) is 6.20 Å². The minimum absolute atomic E-state index is 0.529. The molecule has 0 amide bonds. The number of para-hydroxylation sites is 1. The Hall–Kier alpha value is -2.10. The summed E-state index contributed by atoms with van der Waals surface area (Å²) in [6, 6.07) is 7.78. The Kier molecular flexibility index (Phi) is 3.77. The molecular formula is C18H23N3O. The molecule has 4 nitrogen and oxygen atoms in total. The maximum Gasteiger partial charge on any atom is 0.226 e. The highest BCUT2D eigenvalue weighted by molar-refractivity contribution is 6.00. The molecular weight excluding hydrogens is 274 g/mol. The summed E-state index contributed by atoms with van der Waals surface area (Å²) in [5.41, 5.74) is 2.59. The summed E-state index contributed by atoms with van der Waals surface area (Å²) in [6.07, 6.45) is 2.53. The number of fused-ring (bicyclic) bond motifs is 3. The molecule has 3 rings (SSSR count). The molecule has 0 fully saturated rings. The van der Waals surface area contributed by atoms with E-state index in [4.69, 9.17) is 4.98 Å². The minimum Gasteiger partial charge on any atom is -0.618 e. The molecule has 0 aliphatic heterocycles. The average molecular weight is 297 g/mol. The van der Waals surface area contributed by atoms with Gasteiger partial charge in [-0.1, -0.05) is 39.8 Å². The van der Waals surface area contributed by atoms with Crippen molar-refractivity contribution in [2.24, 2.45) is 11.8 Å². The van der Waals surface area contributed by atoms with E-state index in [0.29, 0.717) is 17.4 Å². The Morgan fingerprint density at radius 3 is 2.55 bits per heavy atom. The zero-order valence-electron chi connectivity index (χ0n) is 13.7. The molecule has 2 aromatic heterocycles. The predicted molar refractivity (Wildman–Crippen MR) is 89.6 cm³/mol. The fraction of sp³-hybridized carbons (Fsp3) is 0.444. The van der Waals surface area contributed by atoms with Gasteiger partial charge in [0.25, 0.3) is 0 Å². The monoisotopic (exact) mass is 297 g/mol. The van der Waals surface area contributed by atoms with Crippen LogP contribution in [0.5, 0.6) is 0 Å². The van der Waals surface area contributed by atoms with Crippen LogP contribution in [0.4, 0.5) is 0 Å². The van der Waals surface area contributed by atoms with Crippen LogP contribution in [0.15, 0.2) is 30.5 Å². The number of pyridine rings is 1. The van der Waals surface area contributed by atoms with Crippen molar-refractivity contribution in [3.8, 4) is 0 Å². The van der Waals surface area contributed by atoms with Gasteiger partial charge in [-0.15, -0.1) is 0 Å². The van der Waals surface area contributed by atoms with Gasteiger partial charge in [-0.3, -0.25) is 0 Å². The number of hydrogen-bond donors (Lipinski definition) is 0. The molecule has 0 N–H and O–H groups in total. The van der Waals surface area contributed by atoms with Crippen molar-refractivity contribution in [1.29, 1.82) is 0 Å². The molecule has 116 valence electrons. The number of nitrogens with zero attached hydrogens (tertiary/aromatic N) is 3. The molecule has 0 atom stereocenters. The Balaban J connectivity index is 2.35. The SMILES string of the molecule is CC(C)Cc1nc2c[n+]([O-])c3ccccc3c2n1CC(C)C. The molecule has 0 aliphatic carbocycles. The zero-order chi connectivity index (χ0) is 15.9. The lowest BCUT2D eigenvalue weighted by Gasteiger charge is -2.13. The van der Waals surface area contributed by atoms with Gasteiger partial charge in [0.2, 0.25) is 11.7 Å². The summed E-state index contributed by atoms with van der Waals surface area (Å²) in [5, 5.41) is 13.2. The highest BCUT2D eigenvalue weighted by Crippen LogP contribution is 2.25. The molecule has 4 heteroatoms. The van der Waals surface area contributed by atoms with Gasteiger partial charge < -0.3 is 9.77 Å². The molecule has 0 saturated carbocycles. The summed E-state index contributed by atoms with van der Waals surface area (Å²) in [5.74, 6) is 2.14. The van der Waals surface area contributed by atoms with Crippen LogP contribution in [-0.4, -0.2) is 9.55 Å². The second-order valence-electron chi connectivity index (χ2n) is 6.84. The van der Waals surface area contributed by atoms with E-state index in [0.717, 1.165) is 39.9 Å². The van der Waals surface area contributed by atoms with Crippen LogP contribution in [0.3, 0.4) is 0 Å². The van der Waals surface area contributed by atoms with Gasteiger partial charge in [-0.05, 0) is 17.9 Å². The van der Waals surface area contributed by atoms with Crippen LogP contribution in [0.2, 0.25) is 0 Å². The third-order valence-corrected chi connectivity index (χ3v) is 3.85. The van der Waals surface area contributed by atoms with Crippen LogP contribution >= 0.6 is 0 Å². The molecule has 0 saturated heterocycles. The van der Waals surface area contributed by atoms with Crippen molar-refractivity contribution in [2.45, 2.75) is 40.7 Å². The lowest BCUT2D eigenvalue weighted by atomic mass is 10.1. The van der Waals surface area contributed by atoms with E-state index in [1.165, 1.54) is 0 Å². The van der Waals surface area contributed by atoms with Crippen molar-refractivity contribution in [3.63, 3.8) is 0 Å². The number of hydrogen-bond acceptors (Lipinski definition) is 2. The fourth-order valence-corrected chi connectivity index (χ4v) is 3.02. The lowest BCUT2D eigenvalue weighted by molar-refractivity contribution is -0.575. The van der Waals surface area contributed by atoms with Gasteiger partial charge in [0.15, 0.2) is 5.52 Å². The first-order valence-electron chi connectivity index (χ1n) is 7.97. The smallest absolute Gasteiger partial charge is 0.226 e. The zero-order valence-corrected chi connectivity index (χ0v) is 13.7. The number of aromatic nitrogens is 3. The first kappa shape index (κ1) is 14.8. The van der Waals surface area contributed by atoms with Crippen LogP contribution in [0, 0.1) is 17.0 Å². The summed E-state index contributed by atoms with van der Waals surface area (Å²) in [4.78, 5) is 4.76. The second-order valence-corrected chi connectivity index (χ2v) is 6.84. The molecule has 22 heavy (non-hydrogen) atoms. The molecule has 0 bridgehead atoms. The van der Waals surface area contributed by atoms with Crippen molar-refractivity contribution in [3.05, 3.63) is 41.5 Å². The van der Waals surface area contributed by atoms with E-state index >= 15 is 0 Å². The number of rotatable bonds is 4. The van der Waals surface area contributed by atoms with Gasteiger partial charge in [-0.2, -0.15) is 4.73 Å². The molecule has 3 aromatic rings. The van der Waals surface area contributed by atoms with Gasteiger partial charge in [-0.25, -0.2) is 4.98 Å². The first-order chi connectivity index (χ1) is 10.5.